The molecule has 0 aromatic heterocycles. The fraction of sp³-hybridized carbons (Fsp3) is 0.889. The van der Waals surface area contributed by atoms with E-state index in [2.05, 4.69) is 5.32 Å². The Labute approximate surface area is 142 Å². The molecule has 1 saturated heterocycles. The van der Waals surface area contributed by atoms with E-state index >= 15 is 0 Å². The number of carbonyl (C=O) groups is 2. The van der Waals surface area contributed by atoms with Crippen LogP contribution in [0.4, 0.5) is 0 Å². The van der Waals surface area contributed by atoms with Crippen LogP contribution in [0.15, 0.2) is 0 Å². The molecule has 4 saturated carbocycles. The van der Waals surface area contributed by atoms with Crippen molar-refractivity contribution >= 4 is 11.9 Å². The fourth-order valence-electron chi connectivity index (χ4n) is 6.23. The number of nitrogens with one attached hydrogen (secondary N) is 1. The molecule has 1 aliphatic heterocycles. The van der Waals surface area contributed by atoms with Crippen LogP contribution in [0, 0.1) is 11.8 Å². The highest BCUT2D eigenvalue weighted by molar-refractivity contribution is 5.86. The number of likely N-dealkylation sites (tertiary alicyclic amines) is 1. The second-order valence-corrected chi connectivity index (χ2v) is 8.59. The molecule has 4 bridgehead atoms. The van der Waals surface area contributed by atoms with E-state index < -0.39 is 11.6 Å². The molecule has 4 aliphatic carbocycles. The van der Waals surface area contributed by atoms with Crippen LogP contribution in [-0.4, -0.2) is 59.3 Å². The molecular formula is C18H28N2O4. The summed E-state index contributed by atoms with van der Waals surface area (Å²) in [5, 5.41) is 14.3. The molecule has 6 heteroatoms. The van der Waals surface area contributed by atoms with Gasteiger partial charge in [-0.3, -0.25) is 4.79 Å². The van der Waals surface area contributed by atoms with Crippen LogP contribution in [0.1, 0.15) is 51.4 Å². The molecule has 134 valence electrons. The molecule has 2 unspecified atom stereocenters. The number of carbonyl (C=O) groups excluding carboxylic acids is 2. The quantitative estimate of drug-likeness (QED) is 0.743. The number of hydrogen-bond donors (Lipinski definition) is 2. The van der Waals surface area contributed by atoms with Crippen molar-refractivity contribution in [2.75, 3.05) is 20.2 Å². The Morgan fingerprint density at radius 2 is 1.96 bits per heavy atom. The van der Waals surface area contributed by atoms with Gasteiger partial charge in [0.25, 0.3) is 0 Å². The molecule has 2 N–H and O–H groups in total. The Kier molecular flexibility index (Phi) is 3.88. The number of methoxy groups -OCH3 is 1. The Morgan fingerprint density at radius 3 is 2.58 bits per heavy atom. The third kappa shape index (κ3) is 2.73. The highest BCUT2D eigenvalue weighted by Gasteiger charge is 2.57. The number of ether oxygens (including phenoxy) is 1. The number of nitrogens with zero attached hydrogens (tertiary/aromatic N) is 1. The van der Waals surface area contributed by atoms with Crippen molar-refractivity contribution in [1.82, 2.24) is 10.2 Å². The van der Waals surface area contributed by atoms with Gasteiger partial charge in [0.05, 0.1) is 19.3 Å². The smallest absolute Gasteiger partial charge is 0.328 e. The van der Waals surface area contributed by atoms with E-state index in [4.69, 9.17) is 4.74 Å². The lowest BCUT2D eigenvalue weighted by atomic mass is 9.51. The molecule has 0 aromatic rings. The van der Waals surface area contributed by atoms with Gasteiger partial charge >= 0.3 is 5.97 Å². The minimum atomic E-state index is -0.525. The van der Waals surface area contributed by atoms with Gasteiger partial charge in [-0.05, 0) is 63.2 Å². The van der Waals surface area contributed by atoms with Crippen molar-refractivity contribution in [2.24, 2.45) is 11.8 Å². The molecule has 5 aliphatic rings. The van der Waals surface area contributed by atoms with Gasteiger partial charge in [0.1, 0.15) is 6.04 Å². The van der Waals surface area contributed by atoms with Gasteiger partial charge in [-0.15, -0.1) is 0 Å². The summed E-state index contributed by atoms with van der Waals surface area (Å²) in [5.74, 6) is 0.845. The average Bonchev–Trinajstić information content (AvgIpc) is 2.99. The zero-order valence-corrected chi connectivity index (χ0v) is 14.4. The van der Waals surface area contributed by atoms with Crippen LogP contribution in [-0.2, 0) is 14.3 Å². The van der Waals surface area contributed by atoms with Gasteiger partial charge in [0, 0.05) is 12.1 Å². The summed E-state index contributed by atoms with van der Waals surface area (Å²) in [6, 6.07) is -0.426. The van der Waals surface area contributed by atoms with Gasteiger partial charge in [-0.25, -0.2) is 4.79 Å². The number of aliphatic hydroxyl groups is 1. The van der Waals surface area contributed by atoms with E-state index in [1.165, 1.54) is 13.5 Å². The number of rotatable bonds is 4. The van der Waals surface area contributed by atoms with Gasteiger partial charge in [-0.1, -0.05) is 0 Å². The first-order valence-electron chi connectivity index (χ1n) is 9.27. The van der Waals surface area contributed by atoms with Crippen LogP contribution >= 0.6 is 0 Å². The molecule has 5 fully saturated rings. The van der Waals surface area contributed by atoms with E-state index in [1.54, 1.807) is 4.90 Å². The number of esters is 1. The van der Waals surface area contributed by atoms with Gasteiger partial charge in [0.15, 0.2) is 0 Å². The monoisotopic (exact) mass is 336 g/mol. The molecule has 0 spiro atoms. The molecule has 24 heavy (non-hydrogen) atoms. The molecule has 1 heterocycles. The minimum Gasteiger partial charge on any atom is -0.467 e. The predicted molar refractivity (Wildman–Crippen MR) is 87.1 cm³/mol. The number of hydrogen-bond acceptors (Lipinski definition) is 5. The van der Waals surface area contributed by atoms with Gasteiger partial charge in [0.2, 0.25) is 5.91 Å². The van der Waals surface area contributed by atoms with Crippen LogP contribution in [0.2, 0.25) is 0 Å². The van der Waals surface area contributed by atoms with Gasteiger partial charge < -0.3 is 20.1 Å². The molecule has 0 aromatic carbocycles. The zero-order chi connectivity index (χ0) is 16.9. The second-order valence-electron chi connectivity index (χ2n) is 8.59. The normalized spacial score (nSPS) is 43.2. The van der Waals surface area contributed by atoms with Crippen LogP contribution in [0.5, 0.6) is 0 Å². The van der Waals surface area contributed by atoms with Crippen LogP contribution in [0.25, 0.3) is 0 Å². The largest absolute Gasteiger partial charge is 0.467 e. The van der Waals surface area contributed by atoms with E-state index in [0.717, 1.165) is 38.5 Å². The first kappa shape index (κ1) is 16.3. The van der Waals surface area contributed by atoms with Crippen molar-refractivity contribution in [3.05, 3.63) is 0 Å². The maximum Gasteiger partial charge on any atom is 0.328 e. The van der Waals surface area contributed by atoms with E-state index in [0.29, 0.717) is 24.8 Å². The minimum absolute atomic E-state index is 0.0226. The highest BCUT2D eigenvalue weighted by atomic mass is 16.5. The molecule has 5 rings (SSSR count). The maximum absolute atomic E-state index is 12.6. The van der Waals surface area contributed by atoms with Gasteiger partial charge in [-0.2, -0.15) is 0 Å². The summed E-state index contributed by atoms with van der Waals surface area (Å²) in [6.07, 6.45) is 7.53. The SMILES string of the molecule is COC(=O)[C@@H]1CCCN1C(=O)CNC12CC3CC(CC(O)(C3)C1)C2. The Morgan fingerprint density at radius 1 is 1.25 bits per heavy atom. The van der Waals surface area contributed by atoms with Crippen molar-refractivity contribution in [3.8, 4) is 0 Å². The second kappa shape index (κ2) is 5.70. The Hall–Kier alpha value is -1.14. The fourth-order valence-corrected chi connectivity index (χ4v) is 6.23. The summed E-state index contributed by atoms with van der Waals surface area (Å²) >= 11 is 0. The Balaban J connectivity index is 1.40. The van der Waals surface area contributed by atoms with E-state index in [-0.39, 0.29) is 24.0 Å². The summed E-state index contributed by atoms with van der Waals surface area (Å²) in [7, 11) is 1.37. The molecule has 1 amide bonds. The zero-order valence-electron chi connectivity index (χ0n) is 14.4. The van der Waals surface area contributed by atoms with Crippen molar-refractivity contribution in [2.45, 2.75) is 68.5 Å². The number of amides is 1. The van der Waals surface area contributed by atoms with E-state index in [9.17, 15) is 14.7 Å². The maximum atomic E-state index is 12.6. The van der Waals surface area contributed by atoms with Crippen molar-refractivity contribution in [1.29, 1.82) is 0 Å². The van der Waals surface area contributed by atoms with E-state index in [1.807, 2.05) is 0 Å². The summed E-state index contributed by atoms with van der Waals surface area (Å²) < 4.78 is 4.82. The lowest BCUT2D eigenvalue weighted by molar-refractivity contribution is -0.153. The average molecular weight is 336 g/mol. The standard InChI is InChI=1S/C18H28N2O4/c1-24-16(22)14-3-2-4-20(14)15(21)10-19-17-6-12-5-13(7-17)9-18(23,8-12)11-17/h12-14,19,23H,2-11H2,1H3/t12?,13?,14-,17?,18?/m0/s1. The first-order valence-corrected chi connectivity index (χ1v) is 9.27. The van der Waals surface area contributed by atoms with Crippen molar-refractivity contribution < 1.29 is 19.4 Å². The summed E-state index contributed by atoms with van der Waals surface area (Å²) in [6.45, 7) is 0.880. The molecule has 6 nitrogen and oxygen atoms in total. The lowest BCUT2D eigenvalue weighted by Gasteiger charge is -2.60. The highest BCUT2D eigenvalue weighted by Crippen LogP contribution is 2.57. The third-order valence-electron chi connectivity index (χ3n) is 6.69. The third-order valence-corrected chi connectivity index (χ3v) is 6.69. The van der Waals surface area contributed by atoms with Crippen molar-refractivity contribution in [3.63, 3.8) is 0 Å². The molecular weight excluding hydrogens is 308 g/mol. The molecule has 0 radical (unpaired) electrons. The topological polar surface area (TPSA) is 78.9 Å². The van der Waals surface area contributed by atoms with Crippen LogP contribution < -0.4 is 5.32 Å². The summed E-state index contributed by atoms with van der Waals surface area (Å²) in [5.41, 5.74) is -0.614. The Bertz CT molecular complexity index is 535. The first-order chi connectivity index (χ1) is 11.4. The van der Waals surface area contributed by atoms with Crippen LogP contribution in [0.3, 0.4) is 0 Å². The summed E-state index contributed by atoms with van der Waals surface area (Å²) in [4.78, 5) is 26.1. The predicted octanol–water partition coefficient (Wildman–Crippen LogP) is 0.824. The molecule has 3 atom stereocenters. The lowest BCUT2D eigenvalue weighted by Crippen LogP contribution is -2.65.